The lowest BCUT2D eigenvalue weighted by Crippen LogP contribution is -2.19. The highest BCUT2D eigenvalue weighted by Gasteiger charge is 2.32. The summed E-state index contributed by atoms with van der Waals surface area (Å²) in [5.74, 6) is -0.0959. The summed E-state index contributed by atoms with van der Waals surface area (Å²) in [6.45, 7) is 6.19. The minimum atomic E-state index is -0.271. The predicted octanol–water partition coefficient (Wildman–Crippen LogP) is 3.83. The molecular weight excluding hydrogens is 267 g/mol. The quantitative estimate of drug-likeness (QED) is 0.798. The molecule has 0 aliphatic heterocycles. The third-order valence-corrected chi connectivity index (χ3v) is 3.86. The summed E-state index contributed by atoms with van der Waals surface area (Å²) < 4.78 is 14.9. The molecule has 110 valence electrons. The van der Waals surface area contributed by atoms with Crippen molar-refractivity contribution in [2.24, 2.45) is 0 Å². The number of fused-ring (bicyclic) bond motifs is 1. The molecule has 0 fully saturated rings. The Morgan fingerprint density at radius 3 is 2.43 bits per heavy atom. The van der Waals surface area contributed by atoms with Crippen LogP contribution in [0.5, 0.6) is 0 Å². The van der Waals surface area contributed by atoms with Crippen LogP contribution in [-0.4, -0.2) is 15.6 Å². The number of carbonyl (C=O) groups excluding carboxylic acids is 1. The van der Waals surface area contributed by atoms with Crippen LogP contribution in [0, 0.1) is 5.82 Å². The van der Waals surface area contributed by atoms with Gasteiger partial charge in [0.05, 0.1) is 22.6 Å². The van der Waals surface area contributed by atoms with Gasteiger partial charge in [0.25, 0.3) is 0 Å². The molecular formula is C17H19FN2O. The van der Waals surface area contributed by atoms with E-state index in [1.165, 1.54) is 12.1 Å². The molecule has 0 saturated carbocycles. The third kappa shape index (κ3) is 2.39. The molecule has 0 unspecified atom stereocenters. The number of ketones is 1. The van der Waals surface area contributed by atoms with Crippen LogP contribution in [0.15, 0.2) is 24.3 Å². The Hall–Kier alpha value is -1.97. The monoisotopic (exact) mass is 286 g/mol. The van der Waals surface area contributed by atoms with Gasteiger partial charge in [-0.25, -0.2) is 9.07 Å². The summed E-state index contributed by atoms with van der Waals surface area (Å²) in [4.78, 5) is 12.3. The Morgan fingerprint density at radius 2 is 1.81 bits per heavy atom. The first-order valence-electron chi connectivity index (χ1n) is 7.29. The fourth-order valence-electron chi connectivity index (χ4n) is 2.84. The number of halogens is 1. The average Bonchev–Trinajstić information content (AvgIpc) is 2.81. The van der Waals surface area contributed by atoms with Crippen LogP contribution in [0.2, 0.25) is 0 Å². The smallest absolute Gasteiger partial charge is 0.166 e. The first-order valence-corrected chi connectivity index (χ1v) is 7.29. The van der Waals surface area contributed by atoms with E-state index in [1.807, 2.05) is 4.68 Å². The molecule has 1 heterocycles. The summed E-state index contributed by atoms with van der Waals surface area (Å²) in [5, 5.41) is 4.69. The zero-order valence-electron chi connectivity index (χ0n) is 12.6. The molecule has 0 spiro atoms. The third-order valence-electron chi connectivity index (χ3n) is 3.86. The number of rotatable bonds is 1. The average molecular weight is 286 g/mol. The highest BCUT2D eigenvalue weighted by molar-refractivity contribution is 5.99. The van der Waals surface area contributed by atoms with Crippen LogP contribution in [0.4, 0.5) is 4.39 Å². The Labute approximate surface area is 123 Å². The van der Waals surface area contributed by atoms with Crippen molar-refractivity contribution in [3.63, 3.8) is 0 Å². The van der Waals surface area contributed by atoms with E-state index in [2.05, 4.69) is 25.9 Å². The van der Waals surface area contributed by atoms with E-state index >= 15 is 0 Å². The molecule has 21 heavy (non-hydrogen) atoms. The molecule has 0 saturated heterocycles. The molecule has 1 aliphatic rings. The lowest BCUT2D eigenvalue weighted by atomic mass is 9.84. The topological polar surface area (TPSA) is 34.9 Å². The standard InChI is InChI=1S/C17H19FN2O/c1-17(2,3)16-15-13(5-4-6-14(15)21)20(19-16)12-9-7-11(18)8-10-12/h7-10H,4-6H2,1-3H3. The Morgan fingerprint density at radius 1 is 1.14 bits per heavy atom. The van der Waals surface area contributed by atoms with Crippen molar-refractivity contribution in [2.45, 2.75) is 45.4 Å². The predicted molar refractivity (Wildman–Crippen MR) is 79.5 cm³/mol. The summed E-state index contributed by atoms with van der Waals surface area (Å²) in [6, 6.07) is 6.25. The van der Waals surface area contributed by atoms with Gasteiger partial charge in [-0.05, 0) is 37.1 Å². The van der Waals surface area contributed by atoms with Gasteiger partial charge in [0, 0.05) is 11.8 Å². The summed E-state index contributed by atoms with van der Waals surface area (Å²) in [7, 11) is 0. The van der Waals surface area contributed by atoms with Crippen molar-refractivity contribution in [3.05, 3.63) is 47.0 Å². The van der Waals surface area contributed by atoms with Gasteiger partial charge in [-0.2, -0.15) is 5.10 Å². The molecule has 3 rings (SSSR count). The van der Waals surface area contributed by atoms with E-state index in [9.17, 15) is 9.18 Å². The van der Waals surface area contributed by atoms with Crippen LogP contribution >= 0.6 is 0 Å². The number of Topliss-reactive ketones (excluding diaryl/α,β-unsaturated/α-hetero) is 1. The molecule has 0 amide bonds. The fraction of sp³-hybridized carbons (Fsp3) is 0.412. The minimum Gasteiger partial charge on any atom is -0.294 e. The van der Waals surface area contributed by atoms with Gasteiger partial charge in [-0.1, -0.05) is 20.8 Å². The number of benzene rings is 1. The molecule has 4 heteroatoms. The maximum absolute atomic E-state index is 13.1. The van der Waals surface area contributed by atoms with Crippen molar-refractivity contribution < 1.29 is 9.18 Å². The number of hydrogen-bond acceptors (Lipinski definition) is 2. The molecule has 0 N–H and O–H groups in total. The summed E-state index contributed by atoms with van der Waals surface area (Å²) in [5.41, 5.74) is 3.19. The maximum Gasteiger partial charge on any atom is 0.166 e. The van der Waals surface area contributed by atoms with E-state index in [1.54, 1.807) is 12.1 Å². The molecule has 0 atom stereocenters. The van der Waals surface area contributed by atoms with Crippen LogP contribution in [0.3, 0.4) is 0 Å². The maximum atomic E-state index is 13.1. The molecule has 3 nitrogen and oxygen atoms in total. The van der Waals surface area contributed by atoms with Gasteiger partial charge >= 0.3 is 0 Å². The zero-order valence-corrected chi connectivity index (χ0v) is 12.6. The van der Waals surface area contributed by atoms with E-state index in [0.29, 0.717) is 6.42 Å². The SMILES string of the molecule is CC(C)(C)c1nn(-c2ccc(F)cc2)c2c1C(=O)CCC2. The van der Waals surface area contributed by atoms with Gasteiger partial charge < -0.3 is 0 Å². The van der Waals surface area contributed by atoms with Gasteiger partial charge in [-0.3, -0.25) is 4.79 Å². The Bertz CT molecular complexity index is 693. The van der Waals surface area contributed by atoms with Gasteiger partial charge in [0.15, 0.2) is 5.78 Å². The van der Waals surface area contributed by atoms with Gasteiger partial charge in [-0.15, -0.1) is 0 Å². The second-order valence-corrected chi connectivity index (χ2v) is 6.59. The molecule has 0 bridgehead atoms. The summed E-state index contributed by atoms with van der Waals surface area (Å²) >= 11 is 0. The van der Waals surface area contributed by atoms with E-state index in [0.717, 1.165) is 35.5 Å². The second-order valence-electron chi connectivity index (χ2n) is 6.59. The van der Waals surface area contributed by atoms with Crippen LogP contribution in [0.1, 0.15) is 55.4 Å². The lowest BCUT2D eigenvalue weighted by molar-refractivity contribution is 0.0970. The first kappa shape index (κ1) is 14.0. The number of hydrogen-bond donors (Lipinski definition) is 0. The van der Waals surface area contributed by atoms with E-state index in [-0.39, 0.29) is 17.0 Å². The molecule has 1 aliphatic carbocycles. The van der Waals surface area contributed by atoms with Crippen molar-refractivity contribution in [1.29, 1.82) is 0 Å². The first-order chi connectivity index (χ1) is 9.88. The second kappa shape index (κ2) is 4.79. The lowest BCUT2D eigenvalue weighted by Gasteiger charge is -2.18. The van der Waals surface area contributed by atoms with Crippen molar-refractivity contribution in [1.82, 2.24) is 9.78 Å². The number of carbonyl (C=O) groups is 1. The summed E-state index contributed by atoms with van der Waals surface area (Å²) in [6.07, 6.45) is 2.27. The fourth-order valence-corrected chi connectivity index (χ4v) is 2.84. The highest BCUT2D eigenvalue weighted by Crippen LogP contribution is 2.33. The van der Waals surface area contributed by atoms with Gasteiger partial charge in [0.2, 0.25) is 0 Å². The highest BCUT2D eigenvalue weighted by atomic mass is 19.1. The normalized spacial score (nSPS) is 15.1. The van der Waals surface area contributed by atoms with E-state index in [4.69, 9.17) is 0 Å². The van der Waals surface area contributed by atoms with Gasteiger partial charge in [0.1, 0.15) is 5.82 Å². The van der Waals surface area contributed by atoms with Crippen LogP contribution < -0.4 is 0 Å². The van der Waals surface area contributed by atoms with E-state index < -0.39 is 0 Å². The Kier molecular flexibility index (Phi) is 3.19. The van der Waals surface area contributed by atoms with Crippen LogP contribution in [-0.2, 0) is 11.8 Å². The number of aromatic nitrogens is 2. The van der Waals surface area contributed by atoms with Crippen molar-refractivity contribution in [3.8, 4) is 5.69 Å². The van der Waals surface area contributed by atoms with Crippen molar-refractivity contribution in [2.75, 3.05) is 0 Å². The van der Waals surface area contributed by atoms with Crippen LogP contribution in [0.25, 0.3) is 5.69 Å². The zero-order chi connectivity index (χ0) is 15.2. The molecule has 1 aromatic heterocycles. The Balaban J connectivity index is 2.22. The molecule has 0 radical (unpaired) electrons. The molecule has 1 aromatic carbocycles. The number of nitrogens with zero attached hydrogens (tertiary/aromatic N) is 2. The van der Waals surface area contributed by atoms with Crippen molar-refractivity contribution >= 4 is 5.78 Å². The minimum absolute atomic E-state index is 0.175. The molecule has 2 aromatic rings. The largest absolute Gasteiger partial charge is 0.294 e.